The van der Waals surface area contributed by atoms with Gasteiger partial charge in [0.2, 0.25) is 0 Å². The Hall–Kier alpha value is 0.584. The second-order valence-electron chi connectivity index (χ2n) is 7.71. The van der Waals surface area contributed by atoms with Gasteiger partial charge < -0.3 is 37.2 Å². The summed E-state index contributed by atoms with van der Waals surface area (Å²) in [4.78, 5) is 0.480. The van der Waals surface area contributed by atoms with E-state index in [2.05, 4.69) is 0 Å². The molecule has 1 N–H and O–H groups in total. The molecule has 4 atom stereocenters. The molecule has 35 heavy (non-hydrogen) atoms. The van der Waals surface area contributed by atoms with Crippen LogP contribution >= 0.6 is 0 Å². The van der Waals surface area contributed by atoms with Crippen LogP contribution in [0.2, 0.25) is 0 Å². The van der Waals surface area contributed by atoms with Crippen LogP contribution in [0.5, 0.6) is 0 Å². The van der Waals surface area contributed by atoms with Crippen LogP contribution in [0.3, 0.4) is 0 Å². The van der Waals surface area contributed by atoms with Gasteiger partial charge in [-0.25, -0.2) is 0 Å². The first-order valence-electron chi connectivity index (χ1n) is 8.88. The number of hydrogen-bond donors (Lipinski definition) is 1. The molecular formula is C15H21Cl3F12N4Ti. The second kappa shape index (κ2) is 13.6. The van der Waals surface area contributed by atoms with Crippen molar-refractivity contribution in [1.82, 2.24) is 20.0 Å². The first-order valence-corrected chi connectivity index (χ1v) is 9.67. The largest absolute Gasteiger partial charge is 1.00 e. The monoisotopic (exact) mass is 638 g/mol. The third-order valence-corrected chi connectivity index (χ3v) is 6.57. The zero-order valence-electron chi connectivity index (χ0n) is 18.1. The van der Waals surface area contributed by atoms with Crippen LogP contribution in [0.25, 0.3) is 0 Å². The van der Waals surface area contributed by atoms with Gasteiger partial charge in [0.05, 0.1) is 0 Å². The summed E-state index contributed by atoms with van der Waals surface area (Å²) in [6.45, 7) is -5.78. The maximum Gasteiger partial charge on any atom is -1.00 e. The predicted molar refractivity (Wildman–Crippen MR) is 84.2 cm³/mol. The van der Waals surface area contributed by atoms with Crippen LogP contribution in [0.15, 0.2) is 0 Å². The molecule has 4 unspecified atom stereocenters. The van der Waals surface area contributed by atoms with Gasteiger partial charge in [0.25, 0.3) is 0 Å². The van der Waals surface area contributed by atoms with E-state index in [0.717, 1.165) is 0 Å². The number of nitrogens with zero attached hydrogens (tertiary/aromatic N) is 3. The summed E-state index contributed by atoms with van der Waals surface area (Å²) in [5, 5.41) is 1.55. The molecule has 0 aromatic carbocycles. The third-order valence-electron chi connectivity index (χ3n) is 5.29. The van der Waals surface area contributed by atoms with Crippen molar-refractivity contribution in [2.24, 2.45) is 0 Å². The van der Waals surface area contributed by atoms with Crippen LogP contribution in [0.1, 0.15) is 0 Å². The Morgan fingerprint density at radius 3 is 1.46 bits per heavy atom. The van der Waals surface area contributed by atoms with Crippen molar-refractivity contribution in [3.05, 3.63) is 0 Å². The Morgan fingerprint density at radius 2 is 1.11 bits per heavy atom. The fourth-order valence-electron chi connectivity index (χ4n) is 3.28. The molecule has 0 radical (unpaired) electrons. The molecule has 20 heteroatoms. The summed E-state index contributed by atoms with van der Waals surface area (Å²) in [5.41, 5.74) is 0. The van der Waals surface area contributed by atoms with Crippen molar-refractivity contribution in [3.63, 3.8) is 0 Å². The normalized spacial score (nSPS) is 29.7. The minimum Gasteiger partial charge on any atom is -1.00 e. The van der Waals surface area contributed by atoms with E-state index in [1.165, 1.54) is 0 Å². The van der Waals surface area contributed by atoms with E-state index in [4.69, 9.17) is 0 Å². The quantitative estimate of drug-likeness (QED) is 0.211. The summed E-state index contributed by atoms with van der Waals surface area (Å²) in [7, 11) is 1.89. The minimum absolute atomic E-state index is 0. The van der Waals surface area contributed by atoms with E-state index in [9.17, 15) is 52.7 Å². The molecule has 0 amide bonds. The zero-order valence-corrected chi connectivity index (χ0v) is 21.9. The van der Waals surface area contributed by atoms with Crippen molar-refractivity contribution in [3.8, 4) is 0 Å². The van der Waals surface area contributed by atoms with Gasteiger partial charge in [-0.2, -0.15) is 0 Å². The molecule has 1 aliphatic rings. The molecule has 1 fully saturated rings. The molecular weight excluding hydrogens is 618 g/mol. The molecule has 1 aliphatic heterocycles. The first kappa shape index (κ1) is 40.1. The van der Waals surface area contributed by atoms with Gasteiger partial charge in [0, 0.05) is 0 Å². The Morgan fingerprint density at radius 1 is 0.686 bits per heavy atom. The van der Waals surface area contributed by atoms with E-state index in [1.54, 1.807) is 5.32 Å². The Bertz CT molecular complexity index is 634. The molecule has 210 valence electrons. The molecule has 4 nitrogen and oxygen atoms in total. The standard InChI is InChI=1S/C15H21F12N4.3ClH.Ti/c1-29-5-8(12(16,17)18)28-4-9(13(19,20)21)30(2)6-11(15(25,26)27)31(3)7-10(29)14(22,23)24;;;;/h8-10,28H,4-7H2,1-3H3;3*1H;/q;;;;+3/p-3. The summed E-state index contributed by atoms with van der Waals surface area (Å²) in [6.07, 6.45) is -20.9. The molecule has 0 saturated carbocycles. The summed E-state index contributed by atoms with van der Waals surface area (Å²) in [6, 6.07) is -8.29. The zero-order chi connectivity index (χ0) is 25.5. The van der Waals surface area contributed by atoms with Crippen molar-refractivity contribution in [2.45, 2.75) is 46.7 Å². The van der Waals surface area contributed by atoms with Crippen LogP contribution in [0, 0.1) is 0 Å². The number of likely N-dealkylation sites (N-methyl/N-ethyl adjacent to an activating group) is 3. The van der Waals surface area contributed by atoms with Gasteiger partial charge in [-0.05, 0) is 0 Å². The summed E-state index contributed by atoms with van der Waals surface area (Å²) < 4.78 is 159. The van der Waals surface area contributed by atoms with Crippen molar-refractivity contribution < 1.29 is 110 Å². The molecule has 0 spiro atoms. The Labute approximate surface area is 224 Å². The van der Waals surface area contributed by atoms with Crippen molar-refractivity contribution >= 4 is 0 Å². The average Bonchev–Trinajstić information content (AvgIpc) is 2.52. The Kier molecular flexibility index (Phi) is 15.6. The molecule has 0 aromatic heterocycles. The van der Waals surface area contributed by atoms with Gasteiger partial charge in [0.15, 0.2) is 0 Å². The van der Waals surface area contributed by atoms with Gasteiger partial charge in [-0.15, -0.1) is 0 Å². The molecule has 1 heterocycles. The predicted octanol–water partition coefficient (Wildman–Crippen LogP) is -6.00. The van der Waals surface area contributed by atoms with Gasteiger partial charge in [0.1, 0.15) is 0 Å². The smallest absolute Gasteiger partial charge is 1.00 e. The number of halogens is 15. The first-order chi connectivity index (χ1) is 14.0. The number of rotatable bonds is 0. The van der Waals surface area contributed by atoms with E-state index in [-0.39, 0.29) is 51.9 Å². The number of nitrogens with one attached hydrogen (secondary N) is 1. The third kappa shape index (κ3) is 10.3. The molecule has 0 aromatic rings. The van der Waals surface area contributed by atoms with Crippen LogP contribution in [-0.4, -0.2) is 109 Å². The fourth-order valence-corrected chi connectivity index (χ4v) is 3.81. The van der Waals surface area contributed by atoms with E-state index in [0.29, 0.717) is 41.6 Å². The van der Waals surface area contributed by atoms with Gasteiger partial charge in [-0.3, -0.25) is 0 Å². The minimum atomic E-state index is -5.26. The van der Waals surface area contributed by atoms with Crippen molar-refractivity contribution in [1.29, 1.82) is 0 Å². The fraction of sp³-hybridized carbons (Fsp3) is 1.00. The number of hydrogen-bond acceptors (Lipinski definition) is 4. The molecule has 1 saturated heterocycles. The van der Waals surface area contributed by atoms with E-state index < -0.39 is 72.9 Å². The Balaban J connectivity index is -0.00000341. The molecule has 0 bridgehead atoms. The van der Waals surface area contributed by atoms with Crippen LogP contribution in [0.4, 0.5) is 52.7 Å². The van der Waals surface area contributed by atoms with Crippen LogP contribution < -0.4 is 42.5 Å². The maximum atomic E-state index is 13.8. The van der Waals surface area contributed by atoms with Crippen molar-refractivity contribution in [2.75, 3.05) is 47.3 Å². The molecule has 1 rings (SSSR count). The van der Waals surface area contributed by atoms with E-state index >= 15 is 0 Å². The van der Waals surface area contributed by atoms with E-state index in [1.807, 2.05) is 0 Å². The van der Waals surface area contributed by atoms with Gasteiger partial charge >= 0.3 is 187 Å². The number of alkyl halides is 12. The SMILES string of the molecule is CN1CC(C(F)(F)F)NCC(C(F)(F)F)N(C)C[C]([Ti+3])(C(F)(F)F)N(C)CC1C(F)(F)F.[Cl-].[Cl-].[Cl-]. The topological polar surface area (TPSA) is 21.8 Å². The van der Waals surface area contributed by atoms with Gasteiger partial charge in [-0.1, -0.05) is 0 Å². The maximum absolute atomic E-state index is 13.8. The van der Waals surface area contributed by atoms with Crippen LogP contribution in [-0.2, 0) is 20.4 Å². The molecule has 0 aliphatic carbocycles. The summed E-state index contributed by atoms with van der Waals surface area (Å²) >= 11 is 0.447. The summed E-state index contributed by atoms with van der Waals surface area (Å²) in [5.74, 6) is 0. The average molecular weight is 640 g/mol. The second-order valence-corrected chi connectivity index (χ2v) is 9.00.